The molecular formula is C13H16FNO3. The maximum atomic E-state index is 12.7. The van der Waals surface area contributed by atoms with Crippen LogP contribution in [-0.2, 0) is 4.74 Å². The molecule has 1 aromatic rings. The quantitative estimate of drug-likeness (QED) is 0.773. The number of benzene rings is 1. The van der Waals surface area contributed by atoms with Crippen molar-refractivity contribution in [3.05, 3.63) is 35.6 Å². The van der Waals surface area contributed by atoms with E-state index in [9.17, 15) is 14.0 Å². The predicted octanol–water partition coefficient (Wildman–Crippen LogP) is 2.83. The summed E-state index contributed by atoms with van der Waals surface area (Å²) < 4.78 is 17.8. The third-order valence-electron chi connectivity index (χ3n) is 2.06. The van der Waals surface area contributed by atoms with E-state index in [1.54, 1.807) is 20.8 Å². The lowest BCUT2D eigenvalue weighted by Gasteiger charge is -2.23. The van der Waals surface area contributed by atoms with Gasteiger partial charge < -0.3 is 4.74 Å². The molecule has 0 fully saturated rings. The molecule has 2 amide bonds. The van der Waals surface area contributed by atoms with Gasteiger partial charge in [-0.3, -0.25) is 4.79 Å². The predicted molar refractivity (Wildman–Crippen MR) is 64.7 cm³/mol. The zero-order chi connectivity index (χ0) is 13.9. The maximum absolute atomic E-state index is 12.7. The smallest absolute Gasteiger partial charge is 0.417 e. The van der Waals surface area contributed by atoms with E-state index in [-0.39, 0.29) is 5.56 Å². The molecule has 4 nitrogen and oxygen atoms in total. The third kappa shape index (κ3) is 3.84. The summed E-state index contributed by atoms with van der Waals surface area (Å²) in [5.74, 6) is -0.976. The van der Waals surface area contributed by atoms with Gasteiger partial charge in [0.2, 0.25) is 0 Å². The first kappa shape index (κ1) is 14.2. The number of ether oxygens (including phenoxy) is 1. The van der Waals surface area contributed by atoms with Crippen LogP contribution in [0.4, 0.5) is 9.18 Å². The van der Waals surface area contributed by atoms with Gasteiger partial charge in [-0.1, -0.05) is 0 Å². The second kappa shape index (κ2) is 5.16. The van der Waals surface area contributed by atoms with E-state index in [1.807, 2.05) is 0 Å². The number of hydrogen-bond acceptors (Lipinski definition) is 3. The van der Waals surface area contributed by atoms with Gasteiger partial charge in [0, 0.05) is 12.6 Å². The lowest BCUT2D eigenvalue weighted by molar-refractivity contribution is 0.0285. The van der Waals surface area contributed by atoms with Crippen LogP contribution in [0.5, 0.6) is 0 Å². The third-order valence-corrected chi connectivity index (χ3v) is 2.06. The highest BCUT2D eigenvalue weighted by Crippen LogP contribution is 2.11. The Kier molecular flexibility index (Phi) is 4.06. The first-order valence-electron chi connectivity index (χ1n) is 5.47. The minimum Gasteiger partial charge on any atom is -0.443 e. The molecule has 0 N–H and O–H groups in total. The molecule has 0 atom stereocenters. The summed E-state index contributed by atoms with van der Waals surface area (Å²) in [4.78, 5) is 24.4. The van der Waals surface area contributed by atoms with Crippen molar-refractivity contribution < 1.29 is 18.7 Å². The normalized spacial score (nSPS) is 10.9. The molecule has 0 spiro atoms. The first-order chi connectivity index (χ1) is 8.20. The molecular weight excluding hydrogens is 237 g/mol. The Morgan fingerprint density at radius 2 is 1.67 bits per heavy atom. The van der Waals surface area contributed by atoms with Gasteiger partial charge in [-0.2, -0.15) is 0 Å². The number of imide groups is 1. The first-order valence-corrected chi connectivity index (χ1v) is 5.47. The average Bonchev–Trinajstić information content (AvgIpc) is 2.26. The lowest BCUT2D eigenvalue weighted by atomic mass is 10.2. The number of amides is 2. The SMILES string of the molecule is CN(C(=O)OC(C)(C)C)C(=O)c1ccc(F)cc1. The molecule has 1 aromatic carbocycles. The van der Waals surface area contributed by atoms with Crippen LogP contribution in [0.2, 0.25) is 0 Å². The molecule has 98 valence electrons. The zero-order valence-corrected chi connectivity index (χ0v) is 10.9. The van der Waals surface area contributed by atoms with Gasteiger partial charge in [-0.15, -0.1) is 0 Å². The van der Waals surface area contributed by atoms with Crippen LogP contribution in [0.3, 0.4) is 0 Å². The number of rotatable bonds is 1. The maximum Gasteiger partial charge on any atom is 0.417 e. The Bertz CT molecular complexity index is 448. The second-order valence-corrected chi connectivity index (χ2v) is 4.85. The van der Waals surface area contributed by atoms with Gasteiger partial charge in [0.05, 0.1) is 0 Å². The fourth-order valence-corrected chi connectivity index (χ4v) is 1.20. The Morgan fingerprint density at radius 1 is 1.17 bits per heavy atom. The Morgan fingerprint density at radius 3 is 2.11 bits per heavy atom. The van der Waals surface area contributed by atoms with E-state index in [4.69, 9.17) is 4.74 Å². The molecule has 5 heteroatoms. The molecule has 0 unspecified atom stereocenters. The number of nitrogens with zero attached hydrogens (tertiary/aromatic N) is 1. The summed E-state index contributed by atoms with van der Waals surface area (Å²) in [7, 11) is 1.32. The molecule has 0 aromatic heterocycles. The van der Waals surface area contributed by atoms with Crippen LogP contribution in [0.1, 0.15) is 31.1 Å². The molecule has 0 bridgehead atoms. The van der Waals surface area contributed by atoms with E-state index in [2.05, 4.69) is 0 Å². The van der Waals surface area contributed by atoms with Crippen LogP contribution >= 0.6 is 0 Å². The molecule has 1 rings (SSSR count). The topological polar surface area (TPSA) is 46.6 Å². The van der Waals surface area contributed by atoms with Crippen molar-refractivity contribution >= 4 is 12.0 Å². The molecule has 0 saturated carbocycles. The van der Waals surface area contributed by atoms with Crippen molar-refractivity contribution in [2.75, 3.05) is 7.05 Å². The highest BCUT2D eigenvalue weighted by molar-refractivity contribution is 6.02. The van der Waals surface area contributed by atoms with E-state index in [0.29, 0.717) is 0 Å². The number of hydrogen-bond donors (Lipinski definition) is 0. The van der Waals surface area contributed by atoms with Gasteiger partial charge in [0.15, 0.2) is 0 Å². The molecule has 18 heavy (non-hydrogen) atoms. The van der Waals surface area contributed by atoms with Crippen molar-refractivity contribution in [2.24, 2.45) is 0 Å². The fraction of sp³-hybridized carbons (Fsp3) is 0.385. The van der Waals surface area contributed by atoms with Crippen molar-refractivity contribution in [1.29, 1.82) is 0 Å². The van der Waals surface area contributed by atoms with Crippen molar-refractivity contribution in [2.45, 2.75) is 26.4 Å². The zero-order valence-electron chi connectivity index (χ0n) is 10.9. The highest BCUT2D eigenvalue weighted by Gasteiger charge is 2.24. The summed E-state index contributed by atoms with van der Waals surface area (Å²) in [6.07, 6.45) is -0.739. The van der Waals surface area contributed by atoms with E-state index < -0.39 is 23.4 Å². The second-order valence-electron chi connectivity index (χ2n) is 4.85. The Balaban J connectivity index is 2.78. The summed E-state index contributed by atoms with van der Waals surface area (Å²) in [5.41, 5.74) is -0.446. The summed E-state index contributed by atoms with van der Waals surface area (Å²) in [5, 5.41) is 0. The van der Waals surface area contributed by atoms with Gasteiger partial charge >= 0.3 is 6.09 Å². The largest absolute Gasteiger partial charge is 0.443 e. The van der Waals surface area contributed by atoms with E-state index in [0.717, 1.165) is 17.0 Å². The fourth-order valence-electron chi connectivity index (χ4n) is 1.20. The molecule has 0 aliphatic carbocycles. The number of carbonyl (C=O) groups is 2. The summed E-state index contributed by atoms with van der Waals surface area (Å²) >= 11 is 0. The minimum atomic E-state index is -0.739. The minimum absolute atomic E-state index is 0.227. The molecule has 0 heterocycles. The molecule has 0 saturated heterocycles. The van der Waals surface area contributed by atoms with Crippen LogP contribution in [0.15, 0.2) is 24.3 Å². The number of carbonyl (C=O) groups excluding carboxylic acids is 2. The molecule has 0 aliphatic heterocycles. The van der Waals surface area contributed by atoms with Crippen LogP contribution in [0.25, 0.3) is 0 Å². The molecule has 0 radical (unpaired) electrons. The van der Waals surface area contributed by atoms with Crippen molar-refractivity contribution in [3.63, 3.8) is 0 Å². The standard InChI is InChI=1S/C13H16FNO3/c1-13(2,3)18-12(17)15(4)11(16)9-5-7-10(14)8-6-9/h5-8H,1-4H3. The Labute approximate surface area is 105 Å². The molecule has 0 aliphatic rings. The lowest BCUT2D eigenvalue weighted by Crippen LogP contribution is -2.38. The van der Waals surface area contributed by atoms with Crippen molar-refractivity contribution in [3.8, 4) is 0 Å². The highest BCUT2D eigenvalue weighted by atomic mass is 19.1. The van der Waals surface area contributed by atoms with Gasteiger partial charge in [0.25, 0.3) is 5.91 Å². The average molecular weight is 253 g/mol. The van der Waals surface area contributed by atoms with E-state index >= 15 is 0 Å². The number of halogens is 1. The van der Waals surface area contributed by atoms with Crippen molar-refractivity contribution in [1.82, 2.24) is 4.90 Å². The van der Waals surface area contributed by atoms with Crippen LogP contribution in [-0.4, -0.2) is 29.5 Å². The summed E-state index contributed by atoms with van der Waals surface area (Å²) in [6.45, 7) is 5.13. The van der Waals surface area contributed by atoms with Crippen LogP contribution in [0, 0.1) is 5.82 Å². The van der Waals surface area contributed by atoms with Crippen LogP contribution < -0.4 is 0 Å². The van der Waals surface area contributed by atoms with E-state index in [1.165, 1.54) is 19.2 Å². The monoisotopic (exact) mass is 253 g/mol. The summed E-state index contributed by atoms with van der Waals surface area (Å²) in [6, 6.07) is 4.96. The van der Waals surface area contributed by atoms with Gasteiger partial charge in [-0.25, -0.2) is 14.1 Å². The Hall–Kier alpha value is -1.91. The van der Waals surface area contributed by atoms with Gasteiger partial charge in [-0.05, 0) is 45.0 Å². The van der Waals surface area contributed by atoms with Gasteiger partial charge in [0.1, 0.15) is 11.4 Å².